The Kier molecular flexibility index (Phi) is 4.90. The molecule has 2 unspecified atom stereocenters. The number of carboxylic acid groups (broad SMARTS) is 1. The summed E-state index contributed by atoms with van der Waals surface area (Å²) in [6, 6.07) is 0. The van der Waals surface area contributed by atoms with Crippen molar-refractivity contribution in [2.24, 2.45) is 11.8 Å². The number of aliphatic hydroxyl groups excluding tert-OH is 1. The molecule has 0 bridgehead atoms. The molecule has 0 aromatic carbocycles. The average Bonchev–Trinajstić information content (AvgIpc) is 1.84. The van der Waals surface area contributed by atoms with Crippen molar-refractivity contribution < 1.29 is 15.0 Å². The fraction of sp³-hybridized carbons (Fsp3) is 0.889. The normalized spacial score (nSPS) is 16.1. The highest BCUT2D eigenvalue weighted by Gasteiger charge is 2.17. The smallest absolute Gasteiger partial charge is 0.332 e. The lowest BCUT2D eigenvalue weighted by molar-refractivity contribution is -0.147. The highest BCUT2D eigenvalue weighted by atomic mass is 16.4. The zero-order valence-corrected chi connectivity index (χ0v) is 7.95. The van der Waals surface area contributed by atoms with E-state index in [1.807, 2.05) is 6.92 Å². The largest absolute Gasteiger partial charge is 0.479 e. The van der Waals surface area contributed by atoms with Gasteiger partial charge in [-0.15, -0.1) is 0 Å². The molecule has 0 saturated heterocycles. The summed E-state index contributed by atoms with van der Waals surface area (Å²) in [6.45, 7) is 6.14. The molecule has 2 atom stereocenters. The second-order valence-electron chi connectivity index (χ2n) is 3.82. The molecule has 0 saturated carbocycles. The fourth-order valence-electron chi connectivity index (χ4n) is 1.38. The van der Waals surface area contributed by atoms with Crippen LogP contribution in [0.2, 0.25) is 0 Å². The van der Waals surface area contributed by atoms with Gasteiger partial charge in [-0.1, -0.05) is 20.8 Å². The second-order valence-corrected chi connectivity index (χ2v) is 3.82. The van der Waals surface area contributed by atoms with Crippen LogP contribution in [0.5, 0.6) is 0 Å². The summed E-state index contributed by atoms with van der Waals surface area (Å²) < 4.78 is 0. The van der Waals surface area contributed by atoms with E-state index in [0.717, 1.165) is 6.42 Å². The van der Waals surface area contributed by atoms with Crippen LogP contribution in [-0.2, 0) is 4.79 Å². The Morgan fingerprint density at radius 3 is 2.08 bits per heavy atom. The molecule has 0 rings (SSSR count). The summed E-state index contributed by atoms with van der Waals surface area (Å²) in [5.74, 6) is -0.289. The Hall–Kier alpha value is -0.570. The Labute approximate surface area is 73.4 Å². The lowest BCUT2D eigenvalue weighted by Crippen LogP contribution is -2.22. The summed E-state index contributed by atoms with van der Waals surface area (Å²) in [4.78, 5) is 10.3. The van der Waals surface area contributed by atoms with Crippen molar-refractivity contribution in [1.82, 2.24) is 0 Å². The van der Waals surface area contributed by atoms with Crippen LogP contribution >= 0.6 is 0 Å². The third-order valence-corrected chi connectivity index (χ3v) is 1.78. The van der Waals surface area contributed by atoms with Crippen LogP contribution in [-0.4, -0.2) is 22.3 Å². The van der Waals surface area contributed by atoms with Crippen LogP contribution in [0.25, 0.3) is 0 Å². The molecule has 0 spiro atoms. The summed E-state index contributed by atoms with van der Waals surface area (Å²) in [5, 5.41) is 17.4. The molecule has 0 aromatic heterocycles. The van der Waals surface area contributed by atoms with Crippen molar-refractivity contribution in [2.75, 3.05) is 0 Å². The third-order valence-electron chi connectivity index (χ3n) is 1.78. The van der Waals surface area contributed by atoms with Gasteiger partial charge in [0.25, 0.3) is 0 Å². The maximum atomic E-state index is 10.3. The standard InChI is InChI=1S/C9H18O3/c1-6(2)4-7(3)5-8(10)9(11)12/h6-8,10H,4-5H2,1-3H3,(H,11,12). The third kappa shape index (κ3) is 5.13. The average molecular weight is 174 g/mol. The van der Waals surface area contributed by atoms with Crippen molar-refractivity contribution in [2.45, 2.75) is 39.7 Å². The van der Waals surface area contributed by atoms with E-state index < -0.39 is 12.1 Å². The summed E-state index contributed by atoms with van der Waals surface area (Å²) in [6.07, 6.45) is 0.122. The molecule has 3 heteroatoms. The summed E-state index contributed by atoms with van der Waals surface area (Å²) in [7, 11) is 0. The minimum Gasteiger partial charge on any atom is -0.479 e. The van der Waals surface area contributed by atoms with Gasteiger partial charge < -0.3 is 10.2 Å². The van der Waals surface area contributed by atoms with Gasteiger partial charge in [-0.25, -0.2) is 4.79 Å². The fourth-order valence-corrected chi connectivity index (χ4v) is 1.38. The molecule has 0 amide bonds. The topological polar surface area (TPSA) is 57.5 Å². The van der Waals surface area contributed by atoms with Gasteiger partial charge in [-0.2, -0.15) is 0 Å². The Bertz CT molecular complexity index is 143. The Balaban J connectivity index is 3.68. The zero-order chi connectivity index (χ0) is 9.72. The van der Waals surface area contributed by atoms with E-state index in [2.05, 4.69) is 13.8 Å². The van der Waals surface area contributed by atoms with Crippen molar-refractivity contribution in [3.63, 3.8) is 0 Å². The molecule has 0 heterocycles. The molecule has 0 aliphatic rings. The van der Waals surface area contributed by atoms with E-state index in [1.54, 1.807) is 0 Å². The number of carboxylic acids is 1. The molecule has 3 nitrogen and oxygen atoms in total. The molecule has 12 heavy (non-hydrogen) atoms. The number of aliphatic hydroxyl groups is 1. The molecule has 0 aliphatic carbocycles. The first-order valence-corrected chi connectivity index (χ1v) is 4.34. The van der Waals surface area contributed by atoms with Crippen LogP contribution in [0.4, 0.5) is 0 Å². The highest BCUT2D eigenvalue weighted by Crippen LogP contribution is 2.16. The van der Waals surface area contributed by atoms with Gasteiger partial charge in [0.15, 0.2) is 6.10 Å². The number of rotatable bonds is 5. The van der Waals surface area contributed by atoms with Gasteiger partial charge in [0.05, 0.1) is 0 Å². The molecular formula is C9H18O3. The molecule has 0 aliphatic heterocycles. The summed E-state index contributed by atoms with van der Waals surface area (Å²) >= 11 is 0. The van der Waals surface area contributed by atoms with Gasteiger partial charge in [0.1, 0.15) is 0 Å². The van der Waals surface area contributed by atoms with Gasteiger partial charge in [-0.05, 0) is 24.7 Å². The van der Waals surface area contributed by atoms with Crippen LogP contribution < -0.4 is 0 Å². The molecule has 2 N–H and O–H groups in total. The SMILES string of the molecule is CC(C)CC(C)CC(O)C(=O)O. The first-order valence-electron chi connectivity index (χ1n) is 4.34. The Morgan fingerprint density at radius 2 is 1.75 bits per heavy atom. The molecule has 0 radical (unpaired) electrons. The first kappa shape index (κ1) is 11.4. The first-order chi connectivity index (χ1) is 5.43. The van der Waals surface area contributed by atoms with E-state index in [-0.39, 0.29) is 5.92 Å². The van der Waals surface area contributed by atoms with E-state index >= 15 is 0 Å². The van der Waals surface area contributed by atoms with Gasteiger partial charge in [0, 0.05) is 0 Å². The number of aliphatic carboxylic acids is 1. The van der Waals surface area contributed by atoms with Crippen molar-refractivity contribution in [3.05, 3.63) is 0 Å². The summed E-state index contributed by atoms with van der Waals surface area (Å²) in [5.41, 5.74) is 0. The number of hydrogen-bond acceptors (Lipinski definition) is 2. The lowest BCUT2D eigenvalue weighted by atomic mass is 9.94. The van der Waals surface area contributed by atoms with Gasteiger partial charge in [-0.3, -0.25) is 0 Å². The predicted molar refractivity (Wildman–Crippen MR) is 46.9 cm³/mol. The minimum atomic E-state index is -1.20. The van der Waals surface area contributed by atoms with Crippen LogP contribution in [0, 0.1) is 11.8 Å². The molecule has 72 valence electrons. The molecular weight excluding hydrogens is 156 g/mol. The van der Waals surface area contributed by atoms with E-state index in [4.69, 9.17) is 10.2 Å². The second kappa shape index (κ2) is 5.14. The van der Waals surface area contributed by atoms with E-state index in [1.165, 1.54) is 0 Å². The molecule has 0 fully saturated rings. The minimum absolute atomic E-state index is 0.274. The lowest BCUT2D eigenvalue weighted by Gasteiger charge is -2.15. The van der Waals surface area contributed by atoms with Crippen molar-refractivity contribution in [3.8, 4) is 0 Å². The van der Waals surface area contributed by atoms with Crippen LogP contribution in [0.3, 0.4) is 0 Å². The number of carbonyl (C=O) groups is 1. The van der Waals surface area contributed by atoms with Crippen molar-refractivity contribution >= 4 is 5.97 Å². The predicted octanol–water partition coefficient (Wildman–Crippen LogP) is 1.50. The maximum Gasteiger partial charge on any atom is 0.332 e. The highest BCUT2D eigenvalue weighted by molar-refractivity contribution is 5.71. The van der Waals surface area contributed by atoms with E-state index in [0.29, 0.717) is 12.3 Å². The zero-order valence-electron chi connectivity index (χ0n) is 7.95. The monoisotopic (exact) mass is 174 g/mol. The Morgan fingerprint density at radius 1 is 1.25 bits per heavy atom. The maximum absolute atomic E-state index is 10.3. The van der Waals surface area contributed by atoms with Crippen molar-refractivity contribution in [1.29, 1.82) is 0 Å². The number of hydrogen-bond donors (Lipinski definition) is 2. The van der Waals surface area contributed by atoms with Gasteiger partial charge >= 0.3 is 5.97 Å². The van der Waals surface area contributed by atoms with Crippen LogP contribution in [0.15, 0.2) is 0 Å². The molecule has 0 aromatic rings. The van der Waals surface area contributed by atoms with Gasteiger partial charge in [0.2, 0.25) is 0 Å². The van der Waals surface area contributed by atoms with Crippen LogP contribution in [0.1, 0.15) is 33.6 Å². The van der Waals surface area contributed by atoms with E-state index in [9.17, 15) is 4.79 Å². The quantitative estimate of drug-likeness (QED) is 0.664.